The molecule has 0 amide bonds. The Morgan fingerprint density at radius 2 is 1.69 bits per heavy atom. The van der Waals surface area contributed by atoms with Crippen molar-refractivity contribution in [3.05, 3.63) is 23.8 Å². The zero-order valence-electron chi connectivity index (χ0n) is 11.3. The van der Waals surface area contributed by atoms with E-state index in [-0.39, 0.29) is 0 Å². The van der Waals surface area contributed by atoms with Crippen LogP contribution in [0.15, 0.2) is 18.2 Å². The Balaban J connectivity index is 0.00000106. The van der Waals surface area contributed by atoms with Gasteiger partial charge < -0.3 is 9.47 Å². The number of ether oxygens (including phenoxy) is 2. The summed E-state index contributed by atoms with van der Waals surface area (Å²) >= 11 is 0. The molecule has 0 aliphatic heterocycles. The molecule has 0 saturated heterocycles. The maximum absolute atomic E-state index is 5.31. The van der Waals surface area contributed by atoms with Gasteiger partial charge in [-0.3, -0.25) is 0 Å². The molecule has 92 valence electrons. The molecule has 2 heteroatoms. The predicted octanol–water partition coefficient (Wildman–Crippen LogP) is 3.93. The molecule has 0 heterocycles. The summed E-state index contributed by atoms with van der Waals surface area (Å²) in [6, 6.07) is 5.97. The van der Waals surface area contributed by atoms with Crippen molar-refractivity contribution < 1.29 is 9.47 Å². The van der Waals surface area contributed by atoms with Crippen LogP contribution in [0.25, 0.3) is 0 Å². The third-order valence-electron chi connectivity index (χ3n) is 2.12. The van der Waals surface area contributed by atoms with Crippen LogP contribution in [-0.2, 0) is 6.42 Å². The molecule has 1 rings (SSSR count). The van der Waals surface area contributed by atoms with Gasteiger partial charge in [-0.15, -0.1) is 0 Å². The van der Waals surface area contributed by atoms with E-state index in [1.165, 1.54) is 5.56 Å². The average molecular weight is 224 g/mol. The Morgan fingerprint density at radius 3 is 2.12 bits per heavy atom. The van der Waals surface area contributed by atoms with E-state index in [9.17, 15) is 0 Å². The monoisotopic (exact) mass is 224 g/mol. The molecule has 0 aromatic heterocycles. The normalized spacial score (nSPS) is 9.44. The van der Waals surface area contributed by atoms with E-state index in [2.05, 4.69) is 19.9 Å². The summed E-state index contributed by atoms with van der Waals surface area (Å²) < 4.78 is 10.4. The Morgan fingerprint density at radius 1 is 1.06 bits per heavy atom. The fourth-order valence-electron chi connectivity index (χ4n) is 1.46. The maximum Gasteiger partial charge on any atom is 0.125 e. The minimum atomic E-state index is 0.636. The molecule has 0 unspecified atom stereocenters. The Bertz CT molecular complexity index is 293. The summed E-state index contributed by atoms with van der Waals surface area (Å²) in [5, 5.41) is 0. The van der Waals surface area contributed by atoms with E-state index in [0.29, 0.717) is 5.92 Å². The zero-order chi connectivity index (χ0) is 12.6. The van der Waals surface area contributed by atoms with Crippen molar-refractivity contribution >= 4 is 0 Å². The van der Waals surface area contributed by atoms with Gasteiger partial charge in [0.1, 0.15) is 11.5 Å². The van der Waals surface area contributed by atoms with Crippen LogP contribution in [0.4, 0.5) is 0 Å². The summed E-state index contributed by atoms with van der Waals surface area (Å²) in [6.45, 7) is 8.40. The Kier molecular flexibility index (Phi) is 7.44. The smallest absolute Gasteiger partial charge is 0.125 e. The Hall–Kier alpha value is -1.18. The van der Waals surface area contributed by atoms with Gasteiger partial charge in [0.2, 0.25) is 0 Å². The van der Waals surface area contributed by atoms with Gasteiger partial charge in [0.05, 0.1) is 14.2 Å². The second kappa shape index (κ2) is 8.03. The van der Waals surface area contributed by atoms with E-state index in [1.54, 1.807) is 14.2 Å². The lowest BCUT2D eigenvalue weighted by atomic mass is 10.0. The second-order valence-corrected chi connectivity index (χ2v) is 3.78. The van der Waals surface area contributed by atoms with Crippen molar-refractivity contribution in [3.63, 3.8) is 0 Å². The summed E-state index contributed by atoms with van der Waals surface area (Å²) in [4.78, 5) is 0. The second-order valence-electron chi connectivity index (χ2n) is 3.78. The van der Waals surface area contributed by atoms with Crippen molar-refractivity contribution in [3.8, 4) is 11.5 Å². The van der Waals surface area contributed by atoms with Gasteiger partial charge in [-0.1, -0.05) is 33.8 Å². The van der Waals surface area contributed by atoms with Crippen molar-refractivity contribution in [2.45, 2.75) is 34.1 Å². The molecule has 0 aliphatic rings. The molecule has 0 atom stereocenters. The van der Waals surface area contributed by atoms with Crippen LogP contribution in [0.2, 0.25) is 0 Å². The van der Waals surface area contributed by atoms with E-state index in [4.69, 9.17) is 9.47 Å². The van der Waals surface area contributed by atoms with Crippen molar-refractivity contribution in [2.24, 2.45) is 5.92 Å². The first kappa shape index (κ1) is 14.8. The van der Waals surface area contributed by atoms with Crippen LogP contribution in [0.5, 0.6) is 11.5 Å². The van der Waals surface area contributed by atoms with Gasteiger partial charge in [0, 0.05) is 6.07 Å². The minimum Gasteiger partial charge on any atom is -0.497 e. The van der Waals surface area contributed by atoms with Gasteiger partial charge in [-0.2, -0.15) is 0 Å². The topological polar surface area (TPSA) is 18.5 Å². The van der Waals surface area contributed by atoms with Crippen molar-refractivity contribution in [2.75, 3.05) is 14.2 Å². The fourth-order valence-corrected chi connectivity index (χ4v) is 1.46. The van der Waals surface area contributed by atoms with Crippen LogP contribution in [0.1, 0.15) is 33.3 Å². The number of hydrogen-bond donors (Lipinski definition) is 0. The summed E-state index contributed by atoms with van der Waals surface area (Å²) in [5.41, 5.74) is 1.24. The number of methoxy groups -OCH3 is 2. The predicted molar refractivity (Wildman–Crippen MR) is 69.4 cm³/mol. The molecule has 0 aliphatic carbocycles. The van der Waals surface area contributed by atoms with Crippen LogP contribution in [-0.4, -0.2) is 14.2 Å². The molecule has 0 N–H and O–H groups in total. The largest absolute Gasteiger partial charge is 0.497 e. The Labute approximate surface area is 99.6 Å². The van der Waals surface area contributed by atoms with Crippen LogP contribution in [0.3, 0.4) is 0 Å². The standard InChI is InChI=1S/C12H18O2.C2H6/c1-9(2)7-10-5-6-11(13-3)8-12(10)14-4;1-2/h5-6,8-9H,7H2,1-4H3;1-2H3. The average Bonchev–Trinajstić information content (AvgIpc) is 2.31. The summed E-state index contributed by atoms with van der Waals surface area (Å²) in [7, 11) is 3.36. The molecule has 0 radical (unpaired) electrons. The van der Waals surface area contributed by atoms with E-state index < -0.39 is 0 Å². The summed E-state index contributed by atoms with van der Waals surface area (Å²) in [6.07, 6.45) is 1.03. The van der Waals surface area contributed by atoms with Gasteiger partial charge >= 0.3 is 0 Å². The lowest BCUT2D eigenvalue weighted by Gasteiger charge is -2.11. The SMILES string of the molecule is CC.COc1ccc(CC(C)C)c(OC)c1. The third kappa shape index (κ3) is 4.56. The van der Waals surface area contributed by atoms with Crippen LogP contribution >= 0.6 is 0 Å². The minimum absolute atomic E-state index is 0.636. The zero-order valence-corrected chi connectivity index (χ0v) is 11.3. The fraction of sp³-hybridized carbons (Fsp3) is 0.571. The first-order chi connectivity index (χ1) is 7.67. The highest BCUT2D eigenvalue weighted by molar-refractivity contribution is 5.40. The molecular weight excluding hydrogens is 200 g/mol. The molecule has 1 aromatic carbocycles. The molecule has 0 bridgehead atoms. The van der Waals surface area contributed by atoms with Crippen molar-refractivity contribution in [1.82, 2.24) is 0 Å². The highest BCUT2D eigenvalue weighted by Crippen LogP contribution is 2.26. The number of benzene rings is 1. The molecule has 2 nitrogen and oxygen atoms in total. The highest BCUT2D eigenvalue weighted by Gasteiger charge is 2.06. The summed E-state index contributed by atoms with van der Waals surface area (Å²) in [5.74, 6) is 2.39. The molecule has 0 saturated carbocycles. The van der Waals surface area contributed by atoms with Gasteiger partial charge in [-0.25, -0.2) is 0 Å². The maximum atomic E-state index is 5.31. The van der Waals surface area contributed by atoms with Crippen LogP contribution in [0, 0.1) is 5.92 Å². The van der Waals surface area contributed by atoms with E-state index >= 15 is 0 Å². The quantitative estimate of drug-likeness (QED) is 0.771. The van der Waals surface area contributed by atoms with Crippen LogP contribution < -0.4 is 9.47 Å². The first-order valence-electron chi connectivity index (χ1n) is 5.88. The first-order valence-corrected chi connectivity index (χ1v) is 5.88. The lowest BCUT2D eigenvalue weighted by molar-refractivity contribution is 0.389. The molecule has 1 aromatic rings. The highest BCUT2D eigenvalue weighted by atomic mass is 16.5. The molecule has 0 fully saturated rings. The van der Waals surface area contributed by atoms with Gasteiger partial charge in [-0.05, 0) is 24.0 Å². The third-order valence-corrected chi connectivity index (χ3v) is 2.12. The van der Waals surface area contributed by atoms with Gasteiger partial charge in [0.25, 0.3) is 0 Å². The number of rotatable bonds is 4. The number of hydrogen-bond acceptors (Lipinski definition) is 2. The molecular formula is C14H24O2. The van der Waals surface area contributed by atoms with E-state index in [1.807, 2.05) is 26.0 Å². The van der Waals surface area contributed by atoms with Crippen molar-refractivity contribution in [1.29, 1.82) is 0 Å². The molecule has 16 heavy (non-hydrogen) atoms. The van der Waals surface area contributed by atoms with E-state index in [0.717, 1.165) is 17.9 Å². The van der Waals surface area contributed by atoms with Gasteiger partial charge in [0.15, 0.2) is 0 Å². The molecule has 0 spiro atoms. The lowest BCUT2D eigenvalue weighted by Crippen LogP contribution is -1.98.